The first-order chi connectivity index (χ1) is 1.73. The van der Waals surface area contributed by atoms with Gasteiger partial charge in [-0.1, -0.05) is 0 Å². The van der Waals surface area contributed by atoms with Crippen molar-refractivity contribution in [3.63, 3.8) is 0 Å². The fourth-order valence-corrected chi connectivity index (χ4v) is 0. The van der Waals surface area contributed by atoms with E-state index in [1.165, 1.54) is 0 Å². The summed E-state index contributed by atoms with van der Waals surface area (Å²) in [6.07, 6.45) is 0. The Bertz CT molecular complexity index is 15.5. The molecule has 0 saturated carbocycles. The van der Waals surface area contributed by atoms with Gasteiger partial charge in [-0.3, -0.25) is 7.32 Å². The molecule has 0 aliphatic rings. The second-order valence-electron chi connectivity index (χ2n) is 0.289. The zero-order valence-electron chi connectivity index (χ0n) is 3.09. The molecule has 0 unspecified atom stereocenters. The Balaban J connectivity index is -0.0000000450. The molecule has 3 nitrogen and oxygen atoms in total. The van der Waals surface area contributed by atoms with E-state index in [0.717, 1.165) is 0 Å². The van der Waals surface area contributed by atoms with Crippen molar-refractivity contribution >= 4 is 45.1 Å². The van der Waals surface area contributed by atoms with E-state index in [2.05, 4.69) is 0 Å². The summed E-state index contributed by atoms with van der Waals surface area (Å²) in [7, 11) is -2.92. The minimum absolute atomic E-state index is 0. The van der Waals surface area contributed by atoms with Crippen molar-refractivity contribution in [3.8, 4) is 0 Å². The Hall–Kier alpha value is 2.40. The number of hydrogen-bond donors (Lipinski definition) is 0. The summed E-state index contributed by atoms with van der Waals surface area (Å²) >= 11 is 0. The molecule has 0 aromatic heterocycles. The molecule has 0 N–H and O–H groups in total. The van der Waals surface area contributed by atoms with Crippen LogP contribution in [0, 0.1) is 35.6 Å². The van der Waals surface area contributed by atoms with Crippen molar-refractivity contribution in [2.75, 3.05) is 0 Å². The molecule has 0 heterocycles. The molecule has 0 aromatic carbocycles. The first-order valence-corrected chi connectivity index (χ1v) is 0.707. The second-order valence-corrected chi connectivity index (χ2v) is 0.289. The average Bonchev–Trinajstić information content (AvgIpc) is 0.811. The van der Waals surface area contributed by atoms with E-state index in [1.54, 1.807) is 0 Å². The normalized spacial score (nSPS) is 4.50. The van der Waals surface area contributed by atoms with Crippen molar-refractivity contribution < 1.29 is 50.7 Å². The molecule has 0 bridgehead atoms. The van der Waals surface area contributed by atoms with Gasteiger partial charge in [-0.15, -0.1) is 0 Å². The van der Waals surface area contributed by atoms with Gasteiger partial charge >= 0.3 is 73.3 Å². The van der Waals surface area contributed by atoms with Gasteiger partial charge in [0.15, 0.2) is 0 Å². The molecule has 0 atom stereocenters. The van der Waals surface area contributed by atoms with E-state index < -0.39 is 7.32 Å². The van der Waals surface area contributed by atoms with Crippen molar-refractivity contribution in [2.45, 2.75) is 0 Å². The Morgan fingerprint density at radius 1 is 1.00 bits per heavy atom. The topological polar surface area (TPSA) is 69.2 Å². The molecule has 6 heavy (non-hydrogen) atoms. The zero-order valence-corrected chi connectivity index (χ0v) is 8.92. The second kappa shape index (κ2) is 10.4. The van der Waals surface area contributed by atoms with Crippen LogP contribution in [0.4, 0.5) is 0 Å². The molecule has 0 amide bonds. The van der Waals surface area contributed by atoms with Gasteiger partial charge in [0.2, 0.25) is 0 Å². The van der Waals surface area contributed by atoms with Crippen molar-refractivity contribution in [2.24, 2.45) is 0 Å². The molecular weight excluding hydrogens is 238 g/mol. The van der Waals surface area contributed by atoms with E-state index in [1.807, 2.05) is 0 Å². The Morgan fingerprint density at radius 3 is 1.00 bits per heavy atom. The summed E-state index contributed by atoms with van der Waals surface area (Å²) in [4.78, 5) is 0. The molecule has 6 heteroatoms. The Morgan fingerprint density at radius 2 is 1.00 bits per heavy atom. The maximum atomic E-state index is 8.42. The van der Waals surface area contributed by atoms with Crippen LogP contribution < -0.4 is 15.1 Å². The molecule has 0 fully saturated rings. The van der Waals surface area contributed by atoms with Gasteiger partial charge in [0.05, 0.1) is 0 Å². The first kappa shape index (κ1) is 15.8. The van der Waals surface area contributed by atoms with Crippen molar-refractivity contribution in [1.29, 1.82) is 0 Å². The van der Waals surface area contributed by atoms with Crippen LogP contribution in [0.5, 0.6) is 0 Å². The fraction of sp³-hybridized carbons (Fsp3) is 0. The smallest absolute Gasteiger partial charge is 0.907 e. The Kier molecular flexibility index (Phi) is 27.3. The largest absolute Gasteiger partial charge is 3.00 e. The average molecular weight is 238 g/mol. The number of rotatable bonds is 0. The van der Waals surface area contributed by atoms with Crippen molar-refractivity contribution in [3.05, 3.63) is 0 Å². The zero-order chi connectivity index (χ0) is 3.58. The Labute approximate surface area is 93.9 Å². The third-order valence-electron chi connectivity index (χ3n) is 0. The van der Waals surface area contributed by atoms with E-state index in [-0.39, 0.29) is 73.3 Å². The van der Waals surface area contributed by atoms with Gasteiger partial charge in [-0.2, -0.15) is 0 Å². The van der Waals surface area contributed by atoms with Crippen LogP contribution in [0.2, 0.25) is 0 Å². The summed E-state index contributed by atoms with van der Waals surface area (Å²) in [5, 5.41) is 25.2. The van der Waals surface area contributed by atoms with Gasteiger partial charge in [0.25, 0.3) is 0 Å². The van der Waals surface area contributed by atoms with Gasteiger partial charge < -0.3 is 15.1 Å². The predicted octanol–water partition coefficient (Wildman–Crippen LogP) is -4.33. The van der Waals surface area contributed by atoms with E-state index >= 15 is 0 Å². The molecule has 0 aliphatic heterocycles. The molecule has 0 spiro atoms. The summed E-state index contributed by atoms with van der Waals surface area (Å²) in [6.45, 7) is 0. The van der Waals surface area contributed by atoms with Crippen LogP contribution in [0.25, 0.3) is 0 Å². The minimum atomic E-state index is -2.92. The molecule has 0 aliphatic carbocycles. The van der Waals surface area contributed by atoms with Crippen LogP contribution in [0.15, 0.2) is 0 Å². The van der Waals surface area contributed by atoms with Crippen LogP contribution in [-0.4, -0.2) is 45.1 Å². The minimum Gasteiger partial charge on any atom is -0.907 e. The SMILES string of the molecule is [Ca+2].[La+3].[O-]B([O-])[O-]. The van der Waals surface area contributed by atoms with Crippen LogP contribution in [-0.2, 0) is 0 Å². The fourth-order valence-electron chi connectivity index (χ4n) is 0. The summed E-state index contributed by atoms with van der Waals surface area (Å²) in [6, 6.07) is 0. The molecule has 24 valence electrons. The van der Waals surface area contributed by atoms with Crippen molar-refractivity contribution in [1.82, 2.24) is 0 Å². The molecule has 0 radical (unpaired) electrons. The molecule has 0 aromatic rings. The molecule has 0 rings (SSSR count). The van der Waals surface area contributed by atoms with E-state index in [0.29, 0.717) is 0 Å². The van der Waals surface area contributed by atoms with Gasteiger partial charge in [0, 0.05) is 0 Å². The van der Waals surface area contributed by atoms with E-state index in [4.69, 9.17) is 15.1 Å². The predicted molar refractivity (Wildman–Crippen MR) is 11.5 cm³/mol. The third-order valence-corrected chi connectivity index (χ3v) is 0. The van der Waals surface area contributed by atoms with Gasteiger partial charge in [-0.05, 0) is 0 Å². The monoisotopic (exact) mass is 238 g/mol. The molecular formula is BCaLaO3+2. The summed E-state index contributed by atoms with van der Waals surface area (Å²) in [5.41, 5.74) is 0. The molecule has 0 saturated heterocycles. The maximum absolute atomic E-state index is 8.42. The van der Waals surface area contributed by atoms with E-state index in [9.17, 15) is 0 Å². The third kappa shape index (κ3) is 32.4. The maximum Gasteiger partial charge on any atom is 3.00 e. The quantitative estimate of drug-likeness (QED) is 0.400. The summed E-state index contributed by atoms with van der Waals surface area (Å²) < 4.78 is 0. The first-order valence-electron chi connectivity index (χ1n) is 0.707. The number of hydrogen-bond acceptors (Lipinski definition) is 3. The van der Waals surface area contributed by atoms with Crippen LogP contribution in [0.1, 0.15) is 0 Å². The van der Waals surface area contributed by atoms with Gasteiger partial charge in [0.1, 0.15) is 0 Å². The van der Waals surface area contributed by atoms with Crippen LogP contribution >= 0.6 is 0 Å². The van der Waals surface area contributed by atoms with Gasteiger partial charge in [-0.25, -0.2) is 0 Å². The van der Waals surface area contributed by atoms with Crippen LogP contribution in [0.3, 0.4) is 0 Å². The summed E-state index contributed by atoms with van der Waals surface area (Å²) in [5.74, 6) is 0. The standard InChI is InChI=1S/BO3.Ca.La/c2-1(3)4;;/q-3;+2;+3.